The van der Waals surface area contributed by atoms with Crippen LogP contribution < -0.4 is 10.5 Å². The van der Waals surface area contributed by atoms with Gasteiger partial charge in [0.2, 0.25) is 0 Å². The summed E-state index contributed by atoms with van der Waals surface area (Å²) in [6.45, 7) is 6.54. The number of ether oxygens (including phenoxy) is 1. The van der Waals surface area contributed by atoms with E-state index in [0.29, 0.717) is 5.95 Å². The van der Waals surface area contributed by atoms with Crippen molar-refractivity contribution in [3.05, 3.63) is 30.0 Å². The Morgan fingerprint density at radius 3 is 2.50 bits per heavy atom. The van der Waals surface area contributed by atoms with E-state index in [2.05, 4.69) is 42.9 Å². The van der Waals surface area contributed by atoms with Gasteiger partial charge in [0.1, 0.15) is 5.75 Å². The minimum atomic E-state index is 0.0899. The van der Waals surface area contributed by atoms with E-state index >= 15 is 0 Å². The number of nitrogens with zero attached hydrogens (tertiary/aromatic N) is 1. The Hall–Kier alpha value is -1.97. The fourth-order valence-corrected chi connectivity index (χ4v) is 1.86. The average molecular weight is 245 g/mol. The molecule has 0 spiro atoms. The van der Waals surface area contributed by atoms with Crippen LogP contribution >= 0.6 is 0 Å². The van der Waals surface area contributed by atoms with Gasteiger partial charge in [0.05, 0.1) is 19.0 Å². The number of imidazole rings is 1. The van der Waals surface area contributed by atoms with Crippen LogP contribution in [0.3, 0.4) is 0 Å². The van der Waals surface area contributed by atoms with Gasteiger partial charge in [-0.1, -0.05) is 26.8 Å². The summed E-state index contributed by atoms with van der Waals surface area (Å²) in [5.41, 5.74) is 8.81. The van der Waals surface area contributed by atoms with Crippen molar-refractivity contribution in [1.29, 1.82) is 0 Å². The number of methoxy groups -OCH3 is 1. The quantitative estimate of drug-likeness (QED) is 0.855. The second kappa shape index (κ2) is 4.37. The van der Waals surface area contributed by atoms with Crippen molar-refractivity contribution in [3.8, 4) is 17.0 Å². The van der Waals surface area contributed by atoms with Crippen molar-refractivity contribution in [1.82, 2.24) is 9.97 Å². The fraction of sp³-hybridized carbons (Fsp3) is 0.357. The summed E-state index contributed by atoms with van der Waals surface area (Å²) in [6, 6.07) is 6.18. The topological polar surface area (TPSA) is 63.9 Å². The van der Waals surface area contributed by atoms with Gasteiger partial charge in [-0.3, -0.25) is 0 Å². The molecular weight excluding hydrogens is 226 g/mol. The lowest BCUT2D eigenvalue weighted by Gasteiger charge is -2.20. The largest absolute Gasteiger partial charge is 0.496 e. The van der Waals surface area contributed by atoms with Crippen molar-refractivity contribution in [2.24, 2.45) is 0 Å². The van der Waals surface area contributed by atoms with Crippen LogP contribution in [0.15, 0.2) is 24.4 Å². The Labute approximate surface area is 107 Å². The fourth-order valence-electron chi connectivity index (χ4n) is 1.86. The van der Waals surface area contributed by atoms with Gasteiger partial charge in [-0.2, -0.15) is 0 Å². The predicted molar refractivity (Wildman–Crippen MR) is 73.7 cm³/mol. The number of aromatic amines is 1. The van der Waals surface area contributed by atoms with Gasteiger partial charge in [-0.25, -0.2) is 4.98 Å². The van der Waals surface area contributed by atoms with Crippen molar-refractivity contribution in [3.63, 3.8) is 0 Å². The molecule has 2 rings (SSSR count). The number of hydrogen-bond acceptors (Lipinski definition) is 3. The molecule has 0 unspecified atom stereocenters. The van der Waals surface area contributed by atoms with Gasteiger partial charge in [-0.05, 0) is 23.1 Å². The van der Waals surface area contributed by atoms with Gasteiger partial charge in [0.15, 0.2) is 5.95 Å². The lowest BCUT2D eigenvalue weighted by Crippen LogP contribution is -2.11. The predicted octanol–water partition coefficient (Wildman–Crippen LogP) is 2.96. The highest BCUT2D eigenvalue weighted by molar-refractivity contribution is 5.69. The molecule has 0 fully saturated rings. The lowest BCUT2D eigenvalue weighted by atomic mass is 9.86. The van der Waals surface area contributed by atoms with E-state index in [4.69, 9.17) is 10.5 Å². The van der Waals surface area contributed by atoms with Crippen LogP contribution in [-0.2, 0) is 5.41 Å². The van der Waals surface area contributed by atoms with Gasteiger partial charge >= 0.3 is 0 Å². The Balaban J connectivity index is 2.56. The van der Waals surface area contributed by atoms with E-state index in [1.165, 1.54) is 5.56 Å². The number of anilines is 1. The SMILES string of the molecule is COc1ccc(C(C)(C)C)cc1-c1cnc(N)[nH]1. The van der Waals surface area contributed by atoms with Crippen LogP contribution in [0.1, 0.15) is 26.3 Å². The summed E-state index contributed by atoms with van der Waals surface area (Å²) in [7, 11) is 1.66. The van der Waals surface area contributed by atoms with Crippen LogP contribution in [0.25, 0.3) is 11.3 Å². The van der Waals surface area contributed by atoms with Crippen molar-refractivity contribution in [2.45, 2.75) is 26.2 Å². The molecular formula is C14H19N3O. The van der Waals surface area contributed by atoms with E-state index in [1.54, 1.807) is 13.3 Å². The van der Waals surface area contributed by atoms with E-state index in [9.17, 15) is 0 Å². The molecule has 0 radical (unpaired) electrons. The minimum absolute atomic E-state index is 0.0899. The summed E-state index contributed by atoms with van der Waals surface area (Å²) in [5.74, 6) is 1.22. The zero-order valence-electron chi connectivity index (χ0n) is 11.2. The van der Waals surface area contributed by atoms with Crippen LogP contribution in [-0.4, -0.2) is 17.1 Å². The number of hydrogen-bond donors (Lipinski definition) is 2. The first-order valence-corrected chi connectivity index (χ1v) is 5.91. The number of nitrogen functional groups attached to an aromatic ring is 1. The third-order valence-corrected chi connectivity index (χ3v) is 2.95. The van der Waals surface area contributed by atoms with Crippen molar-refractivity contribution < 1.29 is 4.74 Å². The number of aromatic nitrogens is 2. The third-order valence-electron chi connectivity index (χ3n) is 2.95. The Morgan fingerprint density at radius 2 is 2.00 bits per heavy atom. The Kier molecular flexibility index (Phi) is 3.03. The third kappa shape index (κ3) is 2.32. The van der Waals surface area contributed by atoms with E-state index in [0.717, 1.165) is 17.0 Å². The number of rotatable bonds is 2. The standard InChI is InChI=1S/C14H19N3O/c1-14(2,3)9-5-6-12(18-4)10(7-9)11-8-16-13(15)17-11/h5-8H,1-4H3,(H3,15,16,17). The maximum Gasteiger partial charge on any atom is 0.197 e. The van der Waals surface area contributed by atoms with Crippen molar-refractivity contribution >= 4 is 5.95 Å². The smallest absolute Gasteiger partial charge is 0.197 e. The summed E-state index contributed by atoms with van der Waals surface area (Å²) in [4.78, 5) is 7.06. The van der Waals surface area contributed by atoms with Gasteiger partial charge < -0.3 is 15.5 Å². The summed E-state index contributed by atoms with van der Waals surface area (Å²) < 4.78 is 5.39. The highest BCUT2D eigenvalue weighted by Crippen LogP contribution is 2.33. The van der Waals surface area contributed by atoms with E-state index in [1.807, 2.05) is 6.07 Å². The molecule has 96 valence electrons. The van der Waals surface area contributed by atoms with Crippen LogP contribution in [0.2, 0.25) is 0 Å². The van der Waals surface area contributed by atoms with E-state index < -0.39 is 0 Å². The molecule has 0 aliphatic carbocycles. The molecule has 0 aliphatic heterocycles. The number of nitrogens with two attached hydrogens (primary N) is 1. The molecule has 0 amide bonds. The second-order valence-electron chi connectivity index (χ2n) is 5.35. The highest BCUT2D eigenvalue weighted by atomic mass is 16.5. The molecule has 0 saturated heterocycles. The summed E-state index contributed by atoms with van der Waals surface area (Å²) >= 11 is 0. The van der Waals surface area contributed by atoms with Gasteiger partial charge in [0.25, 0.3) is 0 Å². The first kappa shape index (κ1) is 12.5. The molecule has 3 N–H and O–H groups in total. The minimum Gasteiger partial charge on any atom is -0.496 e. The zero-order valence-corrected chi connectivity index (χ0v) is 11.2. The van der Waals surface area contributed by atoms with Crippen LogP contribution in [0, 0.1) is 0 Å². The molecule has 0 bridgehead atoms. The molecule has 18 heavy (non-hydrogen) atoms. The molecule has 1 heterocycles. The monoisotopic (exact) mass is 245 g/mol. The van der Waals surface area contributed by atoms with Crippen LogP contribution in [0.4, 0.5) is 5.95 Å². The van der Waals surface area contributed by atoms with Crippen LogP contribution in [0.5, 0.6) is 5.75 Å². The molecule has 1 aromatic heterocycles. The second-order valence-corrected chi connectivity index (χ2v) is 5.35. The molecule has 1 aromatic carbocycles. The summed E-state index contributed by atoms with van der Waals surface area (Å²) in [5, 5.41) is 0. The Morgan fingerprint density at radius 1 is 1.28 bits per heavy atom. The maximum atomic E-state index is 5.62. The first-order chi connectivity index (χ1) is 8.41. The lowest BCUT2D eigenvalue weighted by molar-refractivity contribution is 0.415. The number of benzene rings is 1. The Bertz CT molecular complexity index is 552. The zero-order chi connectivity index (χ0) is 13.3. The highest BCUT2D eigenvalue weighted by Gasteiger charge is 2.17. The molecule has 0 atom stereocenters. The molecule has 0 aliphatic rings. The number of nitrogens with one attached hydrogen (secondary N) is 1. The van der Waals surface area contributed by atoms with Gasteiger partial charge in [-0.15, -0.1) is 0 Å². The number of H-pyrrole nitrogens is 1. The summed E-state index contributed by atoms with van der Waals surface area (Å²) in [6.07, 6.45) is 1.72. The maximum absolute atomic E-state index is 5.62. The molecule has 2 aromatic rings. The van der Waals surface area contributed by atoms with Gasteiger partial charge in [0, 0.05) is 5.56 Å². The van der Waals surface area contributed by atoms with E-state index in [-0.39, 0.29) is 5.41 Å². The molecule has 4 heteroatoms. The first-order valence-electron chi connectivity index (χ1n) is 5.91. The molecule has 4 nitrogen and oxygen atoms in total. The normalized spacial score (nSPS) is 11.6. The average Bonchev–Trinajstić information content (AvgIpc) is 2.73. The van der Waals surface area contributed by atoms with Crippen molar-refractivity contribution in [2.75, 3.05) is 12.8 Å². The molecule has 0 saturated carbocycles.